The second-order valence-electron chi connectivity index (χ2n) is 4.23. The van der Waals surface area contributed by atoms with Crippen molar-refractivity contribution in [2.75, 3.05) is 14.2 Å². The average Bonchev–Trinajstić information content (AvgIpc) is 2.54. The Hall–Kier alpha value is -2.53. The van der Waals surface area contributed by atoms with Gasteiger partial charge in [0.15, 0.2) is 11.5 Å². The standard InChI is InChI=1S/C16H13ClO5/c1-20-14-9-10(15(18)21-2)7-8-13(14)22-16(19)11-5-3-4-6-12(11)17/h3-9H,1-2H3. The molecule has 0 saturated carbocycles. The number of hydrogen-bond acceptors (Lipinski definition) is 5. The molecule has 2 rings (SSSR count). The summed E-state index contributed by atoms with van der Waals surface area (Å²) in [4.78, 5) is 23.6. The lowest BCUT2D eigenvalue weighted by molar-refractivity contribution is 0.0600. The molecule has 5 nitrogen and oxygen atoms in total. The van der Waals surface area contributed by atoms with Crippen molar-refractivity contribution in [3.63, 3.8) is 0 Å². The Balaban J connectivity index is 2.28. The van der Waals surface area contributed by atoms with E-state index in [4.69, 9.17) is 21.1 Å². The number of benzene rings is 2. The van der Waals surface area contributed by atoms with Crippen LogP contribution in [0.15, 0.2) is 42.5 Å². The average molecular weight is 321 g/mol. The van der Waals surface area contributed by atoms with Crippen LogP contribution in [0, 0.1) is 0 Å². The summed E-state index contributed by atoms with van der Waals surface area (Å²) in [6.07, 6.45) is 0. The van der Waals surface area contributed by atoms with Crippen LogP contribution in [0.3, 0.4) is 0 Å². The first-order valence-electron chi connectivity index (χ1n) is 6.30. The zero-order valence-electron chi connectivity index (χ0n) is 12.0. The van der Waals surface area contributed by atoms with E-state index in [0.717, 1.165) is 0 Å². The van der Waals surface area contributed by atoms with E-state index in [9.17, 15) is 9.59 Å². The summed E-state index contributed by atoms with van der Waals surface area (Å²) in [5.41, 5.74) is 0.528. The second kappa shape index (κ2) is 6.95. The smallest absolute Gasteiger partial charge is 0.345 e. The molecule has 0 aliphatic carbocycles. The van der Waals surface area contributed by atoms with Gasteiger partial charge in [-0.15, -0.1) is 0 Å². The molecule has 114 valence electrons. The van der Waals surface area contributed by atoms with Gasteiger partial charge in [-0.05, 0) is 30.3 Å². The number of carbonyl (C=O) groups is 2. The predicted octanol–water partition coefficient (Wildman–Crippen LogP) is 3.35. The van der Waals surface area contributed by atoms with Crippen molar-refractivity contribution in [2.24, 2.45) is 0 Å². The summed E-state index contributed by atoms with van der Waals surface area (Å²) < 4.78 is 15.0. The van der Waals surface area contributed by atoms with E-state index in [1.165, 1.54) is 32.4 Å². The molecule has 0 aromatic heterocycles. The molecule has 2 aromatic rings. The van der Waals surface area contributed by atoms with Gasteiger partial charge in [-0.3, -0.25) is 0 Å². The van der Waals surface area contributed by atoms with E-state index in [1.807, 2.05) is 0 Å². The van der Waals surface area contributed by atoms with E-state index in [-0.39, 0.29) is 27.6 Å². The largest absolute Gasteiger partial charge is 0.493 e. The Bertz CT molecular complexity index is 711. The molecule has 2 aromatic carbocycles. The maximum Gasteiger partial charge on any atom is 0.345 e. The third kappa shape index (κ3) is 3.38. The van der Waals surface area contributed by atoms with Crippen LogP contribution in [0.5, 0.6) is 11.5 Å². The van der Waals surface area contributed by atoms with Crippen LogP contribution < -0.4 is 9.47 Å². The van der Waals surface area contributed by atoms with Crippen molar-refractivity contribution in [1.29, 1.82) is 0 Å². The molecule has 6 heteroatoms. The fraction of sp³-hybridized carbons (Fsp3) is 0.125. The summed E-state index contributed by atoms with van der Waals surface area (Å²) >= 11 is 5.95. The van der Waals surface area contributed by atoms with E-state index >= 15 is 0 Å². The highest BCUT2D eigenvalue weighted by molar-refractivity contribution is 6.33. The van der Waals surface area contributed by atoms with E-state index in [1.54, 1.807) is 24.3 Å². The van der Waals surface area contributed by atoms with Crippen molar-refractivity contribution in [2.45, 2.75) is 0 Å². The first-order chi connectivity index (χ1) is 10.6. The van der Waals surface area contributed by atoms with Crippen molar-refractivity contribution in [1.82, 2.24) is 0 Å². The van der Waals surface area contributed by atoms with Gasteiger partial charge in [0, 0.05) is 0 Å². The highest BCUT2D eigenvalue weighted by Gasteiger charge is 2.17. The van der Waals surface area contributed by atoms with Crippen LogP contribution >= 0.6 is 11.6 Å². The monoisotopic (exact) mass is 320 g/mol. The predicted molar refractivity (Wildman–Crippen MR) is 80.7 cm³/mol. The molecule has 0 N–H and O–H groups in total. The van der Waals surface area contributed by atoms with Gasteiger partial charge in [0.05, 0.1) is 30.4 Å². The van der Waals surface area contributed by atoms with Gasteiger partial charge >= 0.3 is 11.9 Å². The fourth-order valence-corrected chi connectivity index (χ4v) is 1.99. The summed E-state index contributed by atoms with van der Waals surface area (Å²) in [5.74, 6) is -0.708. The van der Waals surface area contributed by atoms with Crippen LogP contribution in [0.1, 0.15) is 20.7 Å². The Labute approximate surface area is 132 Å². The molecule has 0 amide bonds. The van der Waals surface area contributed by atoms with Crippen molar-refractivity contribution in [3.05, 3.63) is 58.6 Å². The third-order valence-electron chi connectivity index (χ3n) is 2.88. The van der Waals surface area contributed by atoms with Gasteiger partial charge in [-0.25, -0.2) is 9.59 Å². The topological polar surface area (TPSA) is 61.8 Å². The summed E-state index contributed by atoms with van der Waals surface area (Å²) in [5, 5.41) is 0.289. The lowest BCUT2D eigenvalue weighted by atomic mass is 10.2. The van der Waals surface area contributed by atoms with Gasteiger partial charge < -0.3 is 14.2 Å². The molecule has 0 heterocycles. The molecular weight excluding hydrogens is 308 g/mol. The van der Waals surface area contributed by atoms with Crippen LogP contribution in [-0.2, 0) is 4.74 Å². The molecule has 0 saturated heterocycles. The van der Waals surface area contributed by atoms with E-state index in [0.29, 0.717) is 0 Å². The van der Waals surface area contributed by atoms with Crippen molar-refractivity contribution in [3.8, 4) is 11.5 Å². The molecule has 0 bridgehead atoms. The fourth-order valence-electron chi connectivity index (χ4n) is 1.78. The second-order valence-corrected chi connectivity index (χ2v) is 4.63. The van der Waals surface area contributed by atoms with Gasteiger partial charge in [0.2, 0.25) is 0 Å². The Kier molecular flexibility index (Phi) is 5.01. The van der Waals surface area contributed by atoms with E-state index in [2.05, 4.69) is 4.74 Å². The first kappa shape index (κ1) is 15.9. The molecule has 0 unspecified atom stereocenters. The van der Waals surface area contributed by atoms with Gasteiger partial charge in [-0.1, -0.05) is 23.7 Å². The SMILES string of the molecule is COC(=O)c1ccc(OC(=O)c2ccccc2Cl)c(OC)c1. The maximum absolute atomic E-state index is 12.1. The van der Waals surface area contributed by atoms with Gasteiger partial charge in [0.25, 0.3) is 0 Å². The molecule has 0 atom stereocenters. The van der Waals surface area contributed by atoms with Crippen molar-refractivity contribution < 1.29 is 23.8 Å². The zero-order valence-corrected chi connectivity index (χ0v) is 12.7. The number of halogens is 1. The highest BCUT2D eigenvalue weighted by atomic mass is 35.5. The molecule has 0 aliphatic rings. The minimum atomic E-state index is -0.616. The third-order valence-corrected chi connectivity index (χ3v) is 3.21. The van der Waals surface area contributed by atoms with Gasteiger partial charge in [-0.2, -0.15) is 0 Å². The minimum Gasteiger partial charge on any atom is -0.493 e. The Morgan fingerprint density at radius 1 is 0.955 bits per heavy atom. The number of ether oxygens (including phenoxy) is 3. The molecule has 22 heavy (non-hydrogen) atoms. The normalized spacial score (nSPS) is 9.95. The lowest BCUT2D eigenvalue weighted by Gasteiger charge is -2.11. The number of hydrogen-bond donors (Lipinski definition) is 0. The number of methoxy groups -OCH3 is 2. The lowest BCUT2D eigenvalue weighted by Crippen LogP contribution is -2.10. The van der Waals surface area contributed by atoms with Gasteiger partial charge in [0.1, 0.15) is 0 Å². The van der Waals surface area contributed by atoms with E-state index < -0.39 is 11.9 Å². The van der Waals surface area contributed by atoms with Crippen LogP contribution in [-0.4, -0.2) is 26.2 Å². The quantitative estimate of drug-likeness (QED) is 0.638. The highest BCUT2D eigenvalue weighted by Crippen LogP contribution is 2.29. The Morgan fingerprint density at radius 3 is 2.32 bits per heavy atom. The molecule has 0 spiro atoms. The number of carbonyl (C=O) groups excluding carboxylic acids is 2. The van der Waals surface area contributed by atoms with Crippen LogP contribution in [0.25, 0.3) is 0 Å². The molecular formula is C16H13ClO5. The molecule has 0 aliphatic heterocycles. The van der Waals surface area contributed by atoms with Crippen LogP contribution in [0.2, 0.25) is 5.02 Å². The zero-order chi connectivity index (χ0) is 16.1. The van der Waals surface area contributed by atoms with Crippen LogP contribution in [0.4, 0.5) is 0 Å². The molecule has 0 fully saturated rings. The minimum absolute atomic E-state index is 0.181. The molecule has 0 radical (unpaired) electrons. The van der Waals surface area contributed by atoms with Crippen molar-refractivity contribution >= 4 is 23.5 Å². The maximum atomic E-state index is 12.1. The summed E-state index contributed by atoms with van der Waals surface area (Å²) in [6.45, 7) is 0. The Morgan fingerprint density at radius 2 is 1.68 bits per heavy atom. The number of rotatable bonds is 4. The first-order valence-corrected chi connectivity index (χ1v) is 6.67. The number of esters is 2. The summed E-state index contributed by atoms with van der Waals surface area (Å²) in [7, 11) is 2.68. The summed E-state index contributed by atoms with van der Waals surface area (Å²) in [6, 6.07) is 10.9.